The van der Waals surface area contributed by atoms with Gasteiger partial charge < -0.3 is 10.4 Å². The average Bonchev–Trinajstić information content (AvgIpc) is 2.51. The second-order valence-electron chi connectivity index (χ2n) is 4.95. The van der Waals surface area contributed by atoms with E-state index in [-0.39, 0.29) is 0 Å². The van der Waals surface area contributed by atoms with Crippen molar-refractivity contribution < 1.29 is 5.11 Å². The monoisotopic (exact) mass is 279 g/mol. The Morgan fingerprint density at radius 3 is 2.50 bits per heavy atom. The summed E-state index contributed by atoms with van der Waals surface area (Å²) in [5, 5.41) is 15.9. The van der Waals surface area contributed by atoms with Crippen molar-refractivity contribution in [3.05, 3.63) is 54.1 Å². The van der Waals surface area contributed by atoms with Crippen LogP contribution in [0.2, 0.25) is 0 Å². The van der Waals surface area contributed by atoms with E-state index in [0.29, 0.717) is 5.75 Å². The highest BCUT2D eigenvalue weighted by atomic mass is 32.2. The van der Waals surface area contributed by atoms with Crippen LogP contribution in [0.4, 0.5) is 11.4 Å². The van der Waals surface area contributed by atoms with Crippen LogP contribution in [0.1, 0.15) is 5.56 Å². The molecule has 0 aliphatic carbocycles. The zero-order chi connectivity index (χ0) is 13.7. The first kappa shape index (κ1) is 11.7. The van der Waals surface area contributed by atoms with Crippen LogP contribution in [0.15, 0.2) is 58.3 Å². The number of para-hydroxylation sites is 1. The second kappa shape index (κ2) is 4.18. The molecule has 0 saturated carbocycles. The SMILES string of the molecule is Cc1c2c(c3ccccc3c1O)Nc1ccccc1S2. The van der Waals surface area contributed by atoms with Gasteiger partial charge in [0.15, 0.2) is 0 Å². The van der Waals surface area contributed by atoms with Crippen LogP contribution in [0.25, 0.3) is 10.8 Å². The molecule has 0 aromatic heterocycles. The molecule has 0 saturated heterocycles. The highest BCUT2D eigenvalue weighted by molar-refractivity contribution is 7.99. The molecule has 1 aliphatic heterocycles. The smallest absolute Gasteiger partial charge is 0.127 e. The Morgan fingerprint density at radius 1 is 0.950 bits per heavy atom. The van der Waals surface area contributed by atoms with Crippen LogP contribution in [-0.2, 0) is 0 Å². The van der Waals surface area contributed by atoms with Gasteiger partial charge in [-0.05, 0) is 19.1 Å². The first-order chi connectivity index (χ1) is 9.75. The molecular formula is C17H13NOS. The lowest BCUT2D eigenvalue weighted by Crippen LogP contribution is -2.02. The Morgan fingerprint density at radius 2 is 1.65 bits per heavy atom. The van der Waals surface area contributed by atoms with E-state index >= 15 is 0 Å². The minimum atomic E-state index is 0.382. The molecule has 0 unspecified atom stereocenters. The first-order valence-corrected chi connectivity index (χ1v) is 7.35. The normalized spacial score (nSPS) is 12.7. The minimum Gasteiger partial charge on any atom is -0.507 e. The van der Waals surface area contributed by atoms with Gasteiger partial charge in [-0.3, -0.25) is 0 Å². The molecule has 0 amide bonds. The van der Waals surface area contributed by atoms with E-state index in [1.54, 1.807) is 11.8 Å². The standard InChI is InChI=1S/C17H13NOS/c1-10-16(19)12-7-3-2-6-11(12)15-17(10)20-14-9-5-4-8-13(14)18-15/h2-9,18-19H,1H3. The van der Waals surface area contributed by atoms with Crippen molar-refractivity contribution >= 4 is 33.9 Å². The predicted octanol–water partition coefficient (Wildman–Crippen LogP) is 5.06. The molecule has 3 heteroatoms. The summed E-state index contributed by atoms with van der Waals surface area (Å²) in [4.78, 5) is 2.30. The predicted molar refractivity (Wildman–Crippen MR) is 84.2 cm³/mol. The maximum absolute atomic E-state index is 10.4. The largest absolute Gasteiger partial charge is 0.507 e. The van der Waals surface area contributed by atoms with Crippen LogP contribution in [0.5, 0.6) is 5.75 Å². The van der Waals surface area contributed by atoms with Gasteiger partial charge in [0.2, 0.25) is 0 Å². The number of phenols is 1. The van der Waals surface area contributed by atoms with E-state index in [4.69, 9.17) is 0 Å². The van der Waals surface area contributed by atoms with Crippen molar-refractivity contribution in [1.82, 2.24) is 0 Å². The number of phenolic OH excluding ortho intramolecular Hbond substituents is 1. The summed E-state index contributed by atoms with van der Waals surface area (Å²) in [6, 6.07) is 16.2. The zero-order valence-corrected chi connectivity index (χ0v) is 11.8. The molecule has 3 aromatic rings. The number of aromatic hydroxyl groups is 1. The van der Waals surface area contributed by atoms with Gasteiger partial charge in [-0.2, -0.15) is 0 Å². The van der Waals surface area contributed by atoms with E-state index in [2.05, 4.69) is 23.5 Å². The number of fused-ring (bicyclic) bond motifs is 4. The summed E-state index contributed by atoms with van der Waals surface area (Å²) < 4.78 is 0. The lowest BCUT2D eigenvalue weighted by Gasteiger charge is -2.24. The molecule has 20 heavy (non-hydrogen) atoms. The molecule has 0 bridgehead atoms. The highest BCUT2D eigenvalue weighted by Crippen LogP contribution is 2.51. The van der Waals surface area contributed by atoms with Gasteiger partial charge in [0.05, 0.1) is 11.4 Å². The summed E-state index contributed by atoms with van der Waals surface area (Å²) in [6.07, 6.45) is 0. The minimum absolute atomic E-state index is 0.382. The summed E-state index contributed by atoms with van der Waals surface area (Å²) in [5.74, 6) is 0.382. The van der Waals surface area contributed by atoms with Crippen molar-refractivity contribution in [3.8, 4) is 5.75 Å². The summed E-state index contributed by atoms with van der Waals surface area (Å²) in [7, 11) is 0. The van der Waals surface area contributed by atoms with Crippen LogP contribution in [0.3, 0.4) is 0 Å². The summed E-state index contributed by atoms with van der Waals surface area (Å²) >= 11 is 1.72. The topological polar surface area (TPSA) is 32.3 Å². The number of nitrogens with one attached hydrogen (secondary N) is 1. The van der Waals surface area contributed by atoms with E-state index in [0.717, 1.165) is 32.6 Å². The van der Waals surface area contributed by atoms with Gasteiger partial charge in [-0.1, -0.05) is 48.2 Å². The molecule has 2 N–H and O–H groups in total. The van der Waals surface area contributed by atoms with Crippen LogP contribution < -0.4 is 5.32 Å². The van der Waals surface area contributed by atoms with Crippen molar-refractivity contribution in [3.63, 3.8) is 0 Å². The van der Waals surface area contributed by atoms with E-state index in [1.165, 1.54) is 4.90 Å². The Balaban J connectivity index is 2.06. The van der Waals surface area contributed by atoms with E-state index in [1.807, 2.05) is 37.3 Å². The molecule has 3 aromatic carbocycles. The number of rotatable bonds is 0. The lowest BCUT2D eigenvalue weighted by atomic mass is 10.0. The number of hydrogen-bond acceptors (Lipinski definition) is 3. The third kappa shape index (κ3) is 1.53. The molecule has 4 rings (SSSR count). The number of benzene rings is 3. The van der Waals surface area contributed by atoms with Crippen LogP contribution in [0, 0.1) is 6.92 Å². The van der Waals surface area contributed by atoms with Crippen LogP contribution in [-0.4, -0.2) is 5.11 Å². The summed E-state index contributed by atoms with van der Waals surface area (Å²) in [6.45, 7) is 1.98. The molecule has 1 heterocycles. The fourth-order valence-corrected chi connectivity index (χ4v) is 3.79. The van der Waals surface area contributed by atoms with Gasteiger partial charge in [-0.25, -0.2) is 0 Å². The maximum atomic E-state index is 10.4. The summed E-state index contributed by atoms with van der Waals surface area (Å²) in [5.41, 5.74) is 3.16. The van der Waals surface area contributed by atoms with Gasteiger partial charge in [0, 0.05) is 26.1 Å². The lowest BCUT2D eigenvalue weighted by molar-refractivity contribution is 0.476. The third-order valence-corrected chi connectivity index (χ3v) is 5.02. The average molecular weight is 279 g/mol. The third-order valence-electron chi connectivity index (χ3n) is 3.73. The van der Waals surface area contributed by atoms with Crippen molar-refractivity contribution in [1.29, 1.82) is 0 Å². The van der Waals surface area contributed by atoms with Crippen LogP contribution >= 0.6 is 11.8 Å². The van der Waals surface area contributed by atoms with Crippen molar-refractivity contribution in [2.24, 2.45) is 0 Å². The quantitative estimate of drug-likeness (QED) is 0.441. The fourth-order valence-electron chi connectivity index (χ4n) is 2.68. The van der Waals surface area contributed by atoms with E-state index in [9.17, 15) is 5.11 Å². The van der Waals surface area contributed by atoms with Gasteiger partial charge in [0.25, 0.3) is 0 Å². The molecular weight excluding hydrogens is 266 g/mol. The first-order valence-electron chi connectivity index (χ1n) is 6.54. The Bertz CT molecular complexity index is 842. The fraction of sp³-hybridized carbons (Fsp3) is 0.0588. The Hall–Kier alpha value is -2.13. The second-order valence-corrected chi connectivity index (χ2v) is 6.00. The zero-order valence-electron chi connectivity index (χ0n) is 11.0. The van der Waals surface area contributed by atoms with Crippen molar-refractivity contribution in [2.75, 3.05) is 5.32 Å². The van der Waals surface area contributed by atoms with Gasteiger partial charge >= 0.3 is 0 Å². The number of anilines is 2. The molecule has 0 spiro atoms. The van der Waals surface area contributed by atoms with Gasteiger partial charge in [0.1, 0.15) is 5.75 Å². The van der Waals surface area contributed by atoms with Gasteiger partial charge in [-0.15, -0.1) is 0 Å². The van der Waals surface area contributed by atoms with Crippen molar-refractivity contribution in [2.45, 2.75) is 16.7 Å². The number of hydrogen-bond donors (Lipinski definition) is 2. The Labute approximate surface area is 121 Å². The molecule has 2 nitrogen and oxygen atoms in total. The molecule has 0 radical (unpaired) electrons. The molecule has 1 aliphatic rings. The molecule has 0 atom stereocenters. The van der Waals surface area contributed by atoms with E-state index < -0.39 is 0 Å². The highest BCUT2D eigenvalue weighted by Gasteiger charge is 2.22. The Kier molecular flexibility index (Phi) is 2.44. The maximum Gasteiger partial charge on any atom is 0.127 e. The molecule has 98 valence electrons. The molecule has 0 fully saturated rings.